The van der Waals surface area contributed by atoms with Crippen LogP contribution in [0.15, 0.2) is 24.3 Å². The van der Waals surface area contributed by atoms with Gasteiger partial charge < -0.3 is 14.2 Å². The molecule has 164 valence electrons. The highest BCUT2D eigenvalue weighted by Gasteiger charge is 2.73. The Morgan fingerprint density at radius 3 is 2.07 bits per heavy atom. The van der Waals surface area contributed by atoms with Crippen LogP contribution < -0.4 is 4.74 Å². The van der Waals surface area contributed by atoms with Gasteiger partial charge in [-0.15, -0.1) is 0 Å². The molecule has 11 heteroatoms. The molecule has 0 amide bonds. The lowest BCUT2D eigenvalue weighted by Gasteiger charge is -2.36. The third-order valence-electron chi connectivity index (χ3n) is 4.29. The fourth-order valence-corrected chi connectivity index (χ4v) is 4.41. The molecule has 1 aliphatic heterocycles. The molecule has 2 rings (SSSR count). The minimum Gasteiger partial charge on any atom is -0.490 e. The summed E-state index contributed by atoms with van der Waals surface area (Å²) in [4.78, 5) is 12.3. The molecule has 4 nitrogen and oxygen atoms in total. The average molecular weight is 447 g/mol. The van der Waals surface area contributed by atoms with Gasteiger partial charge in [-0.25, -0.2) is 0 Å². The molecule has 1 heterocycles. The zero-order valence-electron chi connectivity index (χ0n) is 15.6. The summed E-state index contributed by atoms with van der Waals surface area (Å²) in [5, 5.41) is 0. The van der Waals surface area contributed by atoms with Gasteiger partial charge in [-0.1, -0.05) is 0 Å². The largest absolute Gasteiger partial charge is 0.490 e. The van der Waals surface area contributed by atoms with Crippen molar-refractivity contribution in [3.05, 3.63) is 29.8 Å². The van der Waals surface area contributed by atoms with Crippen molar-refractivity contribution in [3.8, 4) is 5.75 Å². The molecule has 0 saturated carbocycles. The van der Waals surface area contributed by atoms with Crippen LogP contribution >= 0.6 is 0 Å². The number of benzene rings is 1. The zero-order chi connectivity index (χ0) is 21.7. The van der Waals surface area contributed by atoms with Crippen molar-refractivity contribution >= 4 is 16.7 Å². The predicted octanol–water partition coefficient (Wildman–Crippen LogP) is 3.80. The number of halogens is 6. The first-order valence-corrected chi connectivity index (χ1v) is 10.5. The van der Waals surface area contributed by atoms with E-state index >= 15 is 0 Å². The van der Waals surface area contributed by atoms with Gasteiger partial charge in [-0.3, -0.25) is 4.79 Å². The van der Waals surface area contributed by atoms with Crippen LogP contribution in [0.5, 0.6) is 5.75 Å². The maximum absolute atomic E-state index is 13.2. The van der Waals surface area contributed by atoms with Gasteiger partial charge in [0, 0.05) is 23.1 Å². The Morgan fingerprint density at radius 2 is 1.59 bits per heavy atom. The lowest BCUT2D eigenvalue weighted by Crippen LogP contribution is -2.62. The summed E-state index contributed by atoms with van der Waals surface area (Å²) >= 11 is 0. The lowest BCUT2D eigenvalue weighted by atomic mass is 10.0. The quantitative estimate of drug-likeness (QED) is 0.346. The number of carbonyl (C=O) groups excluding carboxylic acids is 1. The minimum absolute atomic E-state index is 0.0905. The molecule has 0 spiro atoms. The van der Waals surface area contributed by atoms with Crippen LogP contribution in [0.1, 0.15) is 17.3 Å². The first-order valence-electron chi connectivity index (χ1n) is 8.75. The fraction of sp³-hybridized carbons (Fsp3) is 0.611. The molecule has 1 aromatic rings. The van der Waals surface area contributed by atoms with Gasteiger partial charge in [0.05, 0.1) is 13.2 Å². The maximum Gasteiger partial charge on any atom is 0.430 e. The Labute approximate surface area is 166 Å². The van der Waals surface area contributed by atoms with E-state index in [9.17, 15) is 31.1 Å². The molecule has 1 aromatic carbocycles. The van der Waals surface area contributed by atoms with Gasteiger partial charge in [-0.05, 0) is 31.2 Å². The number of alkyl halides is 6. The summed E-state index contributed by atoms with van der Waals surface area (Å²) in [5.41, 5.74) is -4.12. The maximum atomic E-state index is 13.2. The summed E-state index contributed by atoms with van der Waals surface area (Å²) in [5.74, 6) is 1.55. The molecule has 0 unspecified atom stereocenters. The lowest BCUT2D eigenvalue weighted by molar-refractivity contribution is -0.385. The van der Waals surface area contributed by atoms with Crippen molar-refractivity contribution in [2.75, 3.05) is 43.7 Å². The number of carbonyl (C=O) groups is 1. The summed E-state index contributed by atoms with van der Waals surface area (Å²) in [7, 11) is -0.0905. The second kappa shape index (κ2) is 9.57. The van der Waals surface area contributed by atoms with Crippen LogP contribution in [-0.2, 0) is 20.4 Å². The smallest absolute Gasteiger partial charge is 0.430 e. The van der Waals surface area contributed by atoms with E-state index in [1.54, 1.807) is 0 Å². The van der Waals surface area contributed by atoms with E-state index in [1.165, 1.54) is 24.3 Å². The Bertz CT molecular complexity index is 654. The van der Waals surface area contributed by atoms with Gasteiger partial charge in [-0.2, -0.15) is 26.3 Å². The molecular formula is C18H21F6O4S+. The van der Waals surface area contributed by atoms with E-state index in [4.69, 9.17) is 9.47 Å². The number of hydrogen-bond donors (Lipinski definition) is 0. The van der Waals surface area contributed by atoms with E-state index in [2.05, 4.69) is 4.74 Å². The van der Waals surface area contributed by atoms with E-state index in [1.807, 2.05) is 0 Å². The van der Waals surface area contributed by atoms with Crippen molar-refractivity contribution in [2.45, 2.75) is 24.9 Å². The molecule has 0 atom stereocenters. The molecule has 0 radical (unpaired) electrons. The van der Waals surface area contributed by atoms with Crippen LogP contribution in [0.2, 0.25) is 0 Å². The Morgan fingerprint density at radius 1 is 1.03 bits per heavy atom. The van der Waals surface area contributed by atoms with Gasteiger partial charge in [0.1, 0.15) is 23.9 Å². The normalized spacial score (nSPS) is 16.7. The Kier molecular flexibility index (Phi) is 7.86. The number of ketones is 1. The molecule has 1 fully saturated rings. The fourth-order valence-electron chi connectivity index (χ4n) is 2.67. The molecule has 0 N–H and O–H groups in total. The molecule has 1 saturated heterocycles. The third-order valence-corrected chi connectivity index (χ3v) is 6.45. The number of Topliss-reactive ketones (excluding diaryl/α,β-unsaturated/α-hetero) is 1. The molecular weight excluding hydrogens is 426 g/mol. The average Bonchev–Trinajstić information content (AvgIpc) is 2.64. The van der Waals surface area contributed by atoms with Crippen LogP contribution in [-0.4, -0.2) is 67.4 Å². The SMILES string of the molecule is CCOC(COc1ccc(C(=O)C[S+]2CCOCC2)cc1)(C(F)(F)F)C(F)(F)F. The van der Waals surface area contributed by atoms with Crippen LogP contribution in [0, 0.1) is 0 Å². The van der Waals surface area contributed by atoms with E-state index in [0.29, 0.717) is 24.5 Å². The van der Waals surface area contributed by atoms with E-state index in [0.717, 1.165) is 18.4 Å². The molecule has 0 aliphatic carbocycles. The van der Waals surface area contributed by atoms with Crippen molar-refractivity contribution in [1.29, 1.82) is 0 Å². The molecule has 0 bridgehead atoms. The van der Waals surface area contributed by atoms with Crippen molar-refractivity contribution < 1.29 is 45.3 Å². The highest BCUT2D eigenvalue weighted by molar-refractivity contribution is 7.97. The van der Waals surface area contributed by atoms with Crippen molar-refractivity contribution in [1.82, 2.24) is 0 Å². The van der Waals surface area contributed by atoms with Crippen LogP contribution in [0.4, 0.5) is 26.3 Å². The van der Waals surface area contributed by atoms with Crippen molar-refractivity contribution in [3.63, 3.8) is 0 Å². The summed E-state index contributed by atoms with van der Waals surface area (Å²) < 4.78 is 93.1. The number of ether oxygens (including phenoxy) is 3. The Hall–Kier alpha value is -1.46. The van der Waals surface area contributed by atoms with Crippen molar-refractivity contribution in [2.24, 2.45) is 0 Å². The van der Waals surface area contributed by atoms with E-state index < -0.39 is 31.2 Å². The minimum atomic E-state index is -5.72. The van der Waals surface area contributed by atoms with Gasteiger partial charge in [0.2, 0.25) is 5.78 Å². The number of rotatable bonds is 8. The zero-order valence-corrected chi connectivity index (χ0v) is 16.4. The topological polar surface area (TPSA) is 44.8 Å². The third kappa shape index (κ3) is 5.79. The predicted molar refractivity (Wildman–Crippen MR) is 95.5 cm³/mol. The molecule has 0 aromatic heterocycles. The summed E-state index contributed by atoms with van der Waals surface area (Å²) in [6, 6.07) is 4.99. The second-order valence-electron chi connectivity index (χ2n) is 6.27. The van der Waals surface area contributed by atoms with E-state index in [-0.39, 0.29) is 22.4 Å². The van der Waals surface area contributed by atoms with Gasteiger partial charge in [0.15, 0.2) is 5.75 Å². The highest BCUT2D eigenvalue weighted by Crippen LogP contribution is 2.46. The Balaban J connectivity index is 2.06. The van der Waals surface area contributed by atoms with Crippen LogP contribution in [0.25, 0.3) is 0 Å². The standard InChI is InChI=1S/C18H21F6O4S/c1-2-28-16(17(19,20)21,18(22,23)24)12-27-14-5-3-13(4-6-14)15(25)11-29-9-7-26-8-10-29/h3-6H,2,7-12H2,1H3/q+1. The second-order valence-corrected chi connectivity index (χ2v) is 8.60. The van der Waals surface area contributed by atoms with Gasteiger partial charge in [0.25, 0.3) is 5.60 Å². The number of hydrogen-bond acceptors (Lipinski definition) is 4. The first kappa shape index (κ1) is 23.8. The first-order chi connectivity index (χ1) is 13.5. The molecule has 1 aliphatic rings. The monoisotopic (exact) mass is 447 g/mol. The summed E-state index contributed by atoms with van der Waals surface area (Å²) in [6.45, 7) is -0.356. The van der Waals surface area contributed by atoms with Crippen LogP contribution in [0.3, 0.4) is 0 Å². The molecule has 29 heavy (non-hydrogen) atoms. The summed E-state index contributed by atoms with van der Waals surface area (Å²) in [6.07, 6.45) is -11.4. The van der Waals surface area contributed by atoms with Gasteiger partial charge >= 0.3 is 12.4 Å². The highest BCUT2D eigenvalue weighted by atomic mass is 32.2.